The van der Waals surface area contributed by atoms with Crippen LogP contribution in [0.15, 0.2) is 0 Å². The maximum Gasteiger partial charge on any atom is 0.406 e. The largest absolute Gasteiger partial charge is 0.406 e. The third-order valence-corrected chi connectivity index (χ3v) is 2.36. The van der Waals surface area contributed by atoms with Gasteiger partial charge in [-0.15, -0.1) is 0 Å². The minimum atomic E-state index is -4.19. The Morgan fingerprint density at radius 3 is 2.33 bits per heavy atom. The number of nitrogens with zero attached hydrogens (tertiary/aromatic N) is 1. The molecule has 1 rings (SSSR count). The molecule has 1 fully saturated rings. The number of hydrogen-bond acceptors (Lipinski definition) is 1. The quantitative estimate of drug-likeness (QED) is 0.762. The van der Waals surface area contributed by atoms with Gasteiger partial charge in [0.2, 0.25) is 0 Å². The van der Waals surface area contributed by atoms with E-state index in [2.05, 4.69) is 5.32 Å². The molecule has 0 aromatic rings. The highest BCUT2D eigenvalue weighted by molar-refractivity contribution is 7.80. The zero-order chi connectivity index (χ0) is 11.6. The number of thiocarbonyl (C=S) groups is 1. The Morgan fingerprint density at radius 1 is 1.47 bits per heavy atom. The predicted molar refractivity (Wildman–Crippen MR) is 56.7 cm³/mol. The molecule has 0 radical (unpaired) electrons. The van der Waals surface area contributed by atoms with Gasteiger partial charge in [-0.05, 0) is 38.9 Å². The molecule has 0 spiro atoms. The maximum absolute atomic E-state index is 12.3. The van der Waals surface area contributed by atoms with Crippen LogP contribution in [-0.2, 0) is 0 Å². The van der Waals surface area contributed by atoms with Crippen molar-refractivity contribution in [1.82, 2.24) is 10.2 Å². The molecule has 6 heteroatoms. The van der Waals surface area contributed by atoms with Gasteiger partial charge in [0, 0.05) is 12.1 Å². The van der Waals surface area contributed by atoms with Crippen LogP contribution in [0, 0.1) is 0 Å². The molecule has 1 N–H and O–H groups in total. The molecule has 1 aliphatic carbocycles. The van der Waals surface area contributed by atoms with Crippen LogP contribution in [0.3, 0.4) is 0 Å². The summed E-state index contributed by atoms with van der Waals surface area (Å²) in [6.07, 6.45) is -2.59. The lowest BCUT2D eigenvalue weighted by molar-refractivity contribution is -0.138. The maximum atomic E-state index is 12.3. The fourth-order valence-electron chi connectivity index (χ4n) is 1.28. The summed E-state index contributed by atoms with van der Waals surface area (Å²) in [5, 5.41) is 3.06. The average Bonchev–Trinajstić information content (AvgIpc) is 2.78. The predicted octanol–water partition coefficient (Wildman–Crippen LogP) is 2.30. The molecular formula is C9H15F3N2S. The summed E-state index contributed by atoms with van der Waals surface area (Å²) >= 11 is 4.95. The summed E-state index contributed by atoms with van der Waals surface area (Å²) in [6.45, 7) is 2.76. The summed E-state index contributed by atoms with van der Waals surface area (Å²) in [7, 11) is 0. The minimum absolute atomic E-state index is 0.0228. The molecule has 0 unspecified atom stereocenters. The van der Waals surface area contributed by atoms with Gasteiger partial charge in [0.25, 0.3) is 0 Å². The molecule has 0 saturated heterocycles. The van der Waals surface area contributed by atoms with Crippen LogP contribution in [0.25, 0.3) is 0 Å². The van der Waals surface area contributed by atoms with Crippen molar-refractivity contribution >= 4 is 17.3 Å². The zero-order valence-electron chi connectivity index (χ0n) is 8.77. The fourth-order valence-corrected chi connectivity index (χ4v) is 1.73. The second-order valence-electron chi connectivity index (χ2n) is 4.08. The lowest BCUT2D eigenvalue weighted by Gasteiger charge is -2.27. The lowest BCUT2D eigenvalue weighted by atomic mass is 10.4. The third kappa shape index (κ3) is 4.68. The van der Waals surface area contributed by atoms with Crippen molar-refractivity contribution in [1.29, 1.82) is 0 Å². The lowest BCUT2D eigenvalue weighted by Crippen LogP contribution is -2.47. The molecule has 0 amide bonds. The first-order chi connectivity index (χ1) is 6.79. The van der Waals surface area contributed by atoms with Crippen molar-refractivity contribution < 1.29 is 13.2 Å². The number of hydrogen-bond donors (Lipinski definition) is 1. The smallest absolute Gasteiger partial charge is 0.360 e. The van der Waals surface area contributed by atoms with Gasteiger partial charge in [-0.25, -0.2) is 0 Å². The molecule has 1 aliphatic rings. The Labute approximate surface area is 92.8 Å². The molecule has 15 heavy (non-hydrogen) atoms. The topological polar surface area (TPSA) is 15.3 Å². The van der Waals surface area contributed by atoms with E-state index >= 15 is 0 Å². The van der Waals surface area contributed by atoms with E-state index < -0.39 is 12.7 Å². The van der Waals surface area contributed by atoms with E-state index in [-0.39, 0.29) is 17.2 Å². The van der Waals surface area contributed by atoms with Crippen molar-refractivity contribution in [3.8, 4) is 0 Å². The average molecular weight is 240 g/mol. The Hall–Kier alpha value is -0.520. The van der Waals surface area contributed by atoms with E-state index in [4.69, 9.17) is 12.2 Å². The van der Waals surface area contributed by atoms with Crippen molar-refractivity contribution in [3.63, 3.8) is 0 Å². The van der Waals surface area contributed by atoms with E-state index in [0.29, 0.717) is 0 Å². The summed E-state index contributed by atoms with van der Waals surface area (Å²) in [6, 6.07) is 0.0392. The van der Waals surface area contributed by atoms with Crippen LogP contribution in [0.1, 0.15) is 26.7 Å². The van der Waals surface area contributed by atoms with Crippen LogP contribution >= 0.6 is 12.2 Å². The summed E-state index contributed by atoms with van der Waals surface area (Å²) < 4.78 is 36.8. The number of rotatable bonds is 3. The van der Waals surface area contributed by atoms with E-state index in [1.54, 1.807) is 0 Å². The molecule has 0 aliphatic heterocycles. The zero-order valence-corrected chi connectivity index (χ0v) is 9.58. The van der Waals surface area contributed by atoms with E-state index in [1.165, 1.54) is 4.90 Å². The first-order valence-electron chi connectivity index (χ1n) is 4.93. The summed E-state index contributed by atoms with van der Waals surface area (Å²) in [5.74, 6) is 0. The normalized spacial score (nSPS) is 16.7. The number of nitrogens with one attached hydrogen (secondary N) is 1. The van der Waals surface area contributed by atoms with Gasteiger partial charge in [-0.2, -0.15) is 13.2 Å². The molecule has 0 aromatic carbocycles. The minimum Gasteiger partial charge on any atom is -0.360 e. The second-order valence-corrected chi connectivity index (χ2v) is 4.47. The molecular weight excluding hydrogens is 225 g/mol. The van der Waals surface area contributed by atoms with Crippen molar-refractivity contribution in [2.24, 2.45) is 0 Å². The summed E-state index contributed by atoms with van der Waals surface area (Å²) in [4.78, 5) is 1.25. The van der Waals surface area contributed by atoms with E-state index in [9.17, 15) is 13.2 Å². The van der Waals surface area contributed by atoms with Crippen LogP contribution in [0.4, 0.5) is 13.2 Å². The molecule has 1 saturated carbocycles. The molecule has 0 aromatic heterocycles. The number of halogens is 3. The SMILES string of the molecule is CC(C)NC(=S)N(CC(F)(F)F)C1CC1. The molecule has 88 valence electrons. The van der Waals surface area contributed by atoms with E-state index in [0.717, 1.165) is 12.8 Å². The monoisotopic (exact) mass is 240 g/mol. The van der Waals surface area contributed by atoms with Crippen LogP contribution < -0.4 is 5.32 Å². The standard InChI is InChI=1S/C9H15F3N2S/c1-6(2)13-8(15)14(7-3-4-7)5-9(10,11)12/h6-7H,3-5H2,1-2H3,(H,13,15). The van der Waals surface area contributed by atoms with Gasteiger partial charge in [-0.1, -0.05) is 0 Å². The molecule has 0 heterocycles. The van der Waals surface area contributed by atoms with Crippen molar-refractivity contribution in [2.75, 3.05) is 6.54 Å². The van der Waals surface area contributed by atoms with Gasteiger partial charge >= 0.3 is 6.18 Å². The van der Waals surface area contributed by atoms with Crippen LogP contribution in [0.2, 0.25) is 0 Å². The first kappa shape index (κ1) is 12.5. The summed E-state index contributed by atoms with van der Waals surface area (Å²) in [5.41, 5.74) is 0. The third-order valence-electron chi connectivity index (χ3n) is 2.01. The highest BCUT2D eigenvalue weighted by Gasteiger charge is 2.39. The first-order valence-corrected chi connectivity index (χ1v) is 5.34. The van der Waals surface area contributed by atoms with Crippen LogP contribution in [-0.4, -0.2) is 34.8 Å². The second kappa shape index (κ2) is 4.55. The van der Waals surface area contributed by atoms with Gasteiger partial charge in [-0.3, -0.25) is 0 Å². The molecule has 0 atom stereocenters. The van der Waals surface area contributed by atoms with Gasteiger partial charge in [0.15, 0.2) is 5.11 Å². The number of alkyl halides is 3. The van der Waals surface area contributed by atoms with Crippen LogP contribution in [0.5, 0.6) is 0 Å². The Bertz CT molecular complexity index is 236. The van der Waals surface area contributed by atoms with Crippen molar-refractivity contribution in [2.45, 2.75) is 44.9 Å². The fraction of sp³-hybridized carbons (Fsp3) is 0.889. The van der Waals surface area contributed by atoms with Gasteiger partial charge in [0.1, 0.15) is 6.54 Å². The Kier molecular flexibility index (Phi) is 3.81. The highest BCUT2D eigenvalue weighted by Crippen LogP contribution is 2.30. The Morgan fingerprint density at radius 2 is 2.00 bits per heavy atom. The van der Waals surface area contributed by atoms with Gasteiger partial charge < -0.3 is 10.2 Å². The van der Waals surface area contributed by atoms with E-state index in [1.807, 2.05) is 13.8 Å². The molecule has 2 nitrogen and oxygen atoms in total. The molecule has 0 bridgehead atoms. The highest BCUT2D eigenvalue weighted by atomic mass is 32.1. The van der Waals surface area contributed by atoms with Gasteiger partial charge in [0.05, 0.1) is 0 Å². The van der Waals surface area contributed by atoms with Crippen molar-refractivity contribution in [3.05, 3.63) is 0 Å². The Balaban J connectivity index is 2.53.